The van der Waals surface area contributed by atoms with Crippen molar-refractivity contribution in [2.75, 3.05) is 37.7 Å². The van der Waals surface area contributed by atoms with E-state index in [0.717, 1.165) is 31.1 Å². The molecule has 0 spiro atoms. The van der Waals surface area contributed by atoms with Crippen LogP contribution >= 0.6 is 11.8 Å². The first-order valence-corrected chi connectivity index (χ1v) is 9.39. The highest BCUT2D eigenvalue weighted by Gasteiger charge is 2.12. The number of nitrogens with two attached hydrogens (primary N) is 1. The zero-order chi connectivity index (χ0) is 15.2. The SMILES string of the molecule is NC(=NCc1ccc(CN2CCCC2)cc1)N1CCSCC1. The number of hydrogen-bond donors (Lipinski definition) is 1. The average Bonchev–Trinajstić information content (AvgIpc) is 3.08. The van der Waals surface area contributed by atoms with Gasteiger partial charge in [0, 0.05) is 31.1 Å². The summed E-state index contributed by atoms with van der Waals surface area (Å²) in [6.45, 7) is 6.30. The highest BCUT2D eigenvalue weighted by atomic mass is 32.2. The van der Waals surface area contributed by atoms with Gasteiger partial charge in [-0.15, -0.1) is 0 Å². The third-order valence-corrected chi connectivity index (χ3v) is 5.33. The number of aliphatic imine (C=N–C) groups is 1. The summed E-state index contributed by atoms with van der Waals surface area (Å²) in [7, 11) is 0. The molecule has 2 aliphatic rings. The molecule has 22 heavy (non-hydrogen) atoms. The van der Waals surface area contributed by atoms with Crippen molar-refractivity contribution >= 4 is 17.7 Å². The van der Waals surface area contributed by atoms with Crippen LogP contribution < -0.4 is 5.73 Å². The van der Waals surface area contributed by atoms with Crippen LogP contribution in [-0.2, 0) is 13.1 Å². The summed E-state index contributed by atoms with van der Waals surface area (Å²) in [6.07, 6.45) is 2.70. The molecule has 2 fully saturated rings. The standard InChI is InChI=1S/C17H26N4S/c18-17(21-9-11-22-12-10-21)19-13-15-3-5-16(6-4-15)14-20-7-1-2-8-20/h3-6H,1-2,7-14H2,(H2,18,19). The molecule has 0 bridgehead atoms. The van der Waals surface area contributed by atoms with Gasteiger partial charge in [0.2, 0.25) is 0 Å². The van der Waals surface area contributed by atoms with E-state index in [9.17, 15) is 0 Å². The molecule has 1 aromatic rings. The quantitative estimate of drug-likeness (QED) is 0.682. The Balaban J connectivity index is 1.51. The fraction of sp³-hybridized carbons (Fsp3) is 0.588. The maximum Gasteiger partial charge on any atom is 0.191 e. The van der Waals surface area contributed by atoms with Gasteiger partial charge in [-0.05, 0) is 37.1 Å². The fourth-order valence-corrected chi connectivity index (χ4v) is 3.92. The lowest BCUT2D eigenvalue weighted by molar-refractivity contribution is 0.331. The third-order valence-electron chi connectivity index (χ3n) is 4.39. The van der Waals surface area contributed by atoms with Gasteiger partial charge in [0.25, 0.3) is 0 Å². The predicted molar refractivity (Wildman–Crippen MR) is 95.2 cm³/mol. The Hall–Kier alpha value is -1.20. The minimum absolute atomic E-state index is 0.680. The molecule has 0 unspecified atom stereocenters. The molecule has 0 amide bonds. The number of likely N-dealkylation sites (tertiary alicyclic amines) is 1. The van der Waals surface area contributed by atoms with Crippen molar-refractivity contribution in [2.24, 2.45) is 10.7 Å². The Bertz CT molecular complexity index is 488. The summed E-state index contributed by atoms with van der Waals surface area (Å²) in [5.74, 6) is 3.00. The van der Waals surface area contributed by atoms with Gasteiger partial charge in [-0.3, -0.25) is 4.90 Å². The molecule has 2 saturated heterocycles. The molecule has 2 aliphatic heterocycles. The van der Waals surface area contributed by atoms with E-state index in [4.69, 9.17) is 5.73 Å². The van der Waals surface area contributed by atoms with Crippen LogP contribution in [0.2, 0.25) is 0 Å². The summed E-state index contributed by atoms with van der Waals surface area (Å²) in [4.78, 5) is 9.27. The maximum atomic E-state index is 6.10. The minimum Gasteiger partial charge on any atom is -0.370 e. The van der Waals surface area contributed by atoms with E-state index in [2.05, 4.69) is 39.1 Å². The molecule has 0 atom stereocenters. The van der Waals surface area contributed by atoms with Crippen LogP contribution in [0.3, 0.4) is 0 Å². The normalized spacial score (nSPS) is 20.5. The first-order chi connectivity index (χ1) is 10.8. The number of nitrogens with zero attached hydrogens (tertiary/aromatic N) is 3. The van der Waals surface area contributed by atoms with Gasteiger partial charge in [-0.25, -0.2) is 4.99 Å². The predicted octanol–water partition coefficient (Wildman–Crippen LogP) is 2.15. The van der Waals surface area contributed by atoms with E-state index >= 15 is 0 Å². The van der Waals surface area contributed by atoms with Crippen molar-refractivity contribution in [3.8, 4) is 0 Å². The van der Waals surface area contributed by atoms with Crippen molar-refractivity contribution in [2.45, 2.75) is 25.9 Å². The molecule has 0 aliphatic carbocycles. The molecule has 5 heteroatoms. The molecular weight excluding hydrogens is 292 g/mol. The molecule has 1 aromatic carbocycles. The zero-order valence-corrected chi connectivity index (χ0v) is 14.0. The van der Waals surface area contributed by atoms with Crippen molar-refractivity contribution in [1.82, 2.24) is 9.80 Å². The number of hydrogen-bond acceptors (Lipinski definition) is 3. The second-order valence-corrected chi connectivity index (χ2v) is 7.30. The monoisotopic (exact) mass is 318 g/mol. The highest BCUT2D eigenvalue weighted by molar-refractivity contribution is 7.99. The largest absolute Gasteiger partial charge is 0.370 e. The smallest absolute Gasteiger partial charge is 0.191 e. The number of rotatable bonds is 4. The maximum absolute atomic E-state index is 6.10. The van der Waals surface area contributed by atoms with Crippen molar-refractivity contribution < 1.29 is 0 Å². The molecule has 3 rings (SSSR count). The first-order valence-electron chi connectivity index (χ1n) is 8.24. The van der Waals surface area contributed by atoms with Gasteiger partial charge in [0.05, 0.1) is 6.54 Å². The van der Waals surface area contributed by atoms with Crippen LogP contribution in [0.4, 0.5) is 0 Å². The van der Waals surface area contributed by atoms with Crippen LogP contribution in [-0.4, -0.2) is 53.4 Å². The zero-order valence-electron chi connectivity index (χ0n) is 13.2. The van der Waals surface area contributed by atoms with Crippen molar-refractivity contribution in [1.29, 1.82) is 0 Å². The van der Waals surface area contributed by atoms with Gasteiger partial charge >= 0.3 is 0 Å². The lowest BCUT2D eigenvalue weighted by Gasteiger charge is -2.27. The van der Waals surface area contributed by atoms with Crippen LogP contribution in [0.15, 0.2) is 29.3 Å². The molecule has 4 nitrogen and oxygen atoms in total. The third kappa shape index (κ3) is 4.40. The van der Waals surface area contributed by atoms with Crippen LogP contribution in [0.5, 0.6) is 0 Å². The van der Waals surface area contributed by atoms with Crippen LogP contribution in [0.25, 0.3) is 0 Å². The van der Waals surface area contributed by atoms with Gasteiger partial charge in [-0.1, -0.05) is 24.3 Å². The van der Waals surface area contributed by atoms with Gasteiger partial charge < -0.3 is 10.6 Å². The minimum atomic E-state index is 0.680. The van der Waals surface area contributed by atoms with Gasteiger partial charge in [-0.2, -0.15) is 11.8 Å². The molecule has 2 heterocycles. The van der Waals surface area contributed by atoms with E-state index in [1.807, 2.05) is 11.8 Å². The topological polar surface area (TPSA) is 44.9 Å². The van der Waals surface area contributed by atoms with Crippen LogP contribution in [0.1, 0.15) is 24.0 Å². The Kier molecular flexibility index (Phi) is 5.62. The molecular formula is C17H26N4S. The number of benzene rings is 1. The van der Waals surface area contributed by atoms with Crippen LogP contribution in [0, 0.1) is 0 Å². The molecule has 0 aromatic heterocycles. The second kappa shape index (κ2) is 7.88. The lowest BCUT2D eigenvalue weighted by atomic mass is 10.1. The average molecular weight is 318 g/mol. The summed E-state index contributed by atoms with van der Waals surface area (Å²) in [5.41, 5.74) is 8.73. The summed E-state index contributed by atoms with van der Waals surface area (Å²) >= 11 is 1.99. The lowest BCUT2D eigenvalue weighted by Crippen LogP contribution is -2.42. The van der Waals surface area contributed by atoms with E-state index in [0.29, 0.717) is 12.5 Å². The van der Waals surface area contributed by atoms with E-state index < -0.39 is 0 Å². The van der Waals surface area contributed by atoms with Crippen molar-refractivity contribution in [3.05, 3.63) is 35.4 Å². The van der Waals surface area contributed by atoms with Crippen molar-refractivity contribution in [3.63, 3.8) is 0 Å². The van der Waals surface area contributed by atoms with Gasteiger partial charge in [0.1, 0.15) is 0 Å². The molecule has 0 radical (unpaired) electrons. The molecule has 0 saturated carbocycles. The number of thioether (sulfide) groups is 1. The fourth-order valence-electron chi connectivity index (χ4n) is 3.01. The number of guanidine groups is 1. The Morgan fingerprint density at radius 1 is 1.00 bits per heavy atom. The molecule has 120 valence electrons. The summed E-state index contributed by atoms with van der Waals surface area (Å²) in [5, 5.41) is 0. The summed E-state index contributed by atoms with van der Waals surface area (Å²) in [6, 6.07) is 8.84. The Labute approximate surface area is 137 Å². The second-order valence-electron chi connectivity index (χ2n) is 6.07. The first kappa shape index (κ1) is 15.7. The molecule has 2 N–H and O–H groups in total. The van der Waals surface area contributed by atoms with E-state index in [1.165, 1.54) is 37.1 Å². The highest BCUT2D eigenvalue weighted by Crippen LogP contribution is 2.14. The Morgan fingerprint density at radius 3 is 2.32 bits per heavy atom. The Morgan fingerprint density at radius 2 is 1.64 bits per heavy atom. The summed E-state index contributed by atoms with van der Waals surface area (Å²) < 4.78 is 0. The van der Waals surface area contributed by atoms with E-state index in [-0.39, 0.29) is 0 Å². The van der Waals surface area contributed by atoms with Gasteiger partial charge in [0.15, 0.2) is 5.96 Å². The van der Waals surface area contributed by atoms with E-state index in [1.54, 1.807) is 0 Å².